The van der Waals surface area contributed by atoms with Gasteiger partial charge in [-0.15, -0.1) is 0 Å². The Labute approximate surface area is 135 Å². The number of halogens is 2. The largest absolute Gasteiger partial charge is 0.369 e. The minimum absolute atomic E-state index is 0.0519. The number of nitrogens with two attached hydrogens (primary N) is 1. The first-order valence-corrected chi connectivity index (χ1v) is 8.19. The van der Waals surface area contributed by atoms with Crippen LogP contribution in [0, 0.1) is 0 Å². The van der Waals surface area contributed by atoms with Crippen LogP contribution in [0.2, 0.25) is 0 Å². The molecule has 5 unspecified atom stereocenters. The van der Waals surface area contributed by atoms with Crippen molar-refractivity contribution in [1.82, 2.24) is 5.32 Å². The van der Waals surface area contributed by atoms with Gasteiger partial charge in [-0.2, -0.15) is 0 Å². The summed E-state index contributed by atoms with van der Waals surface area (Å²) in [5.41, 5.74) is 6.87. The lowest BCUT2D eigenvalue weighted by molar-refractivity contribution is -0.114. The lowest BCUT2D eigenvalue weighted by Gasteiger charge is -2.36. The minimum atomic E-state index is -2.52. The fourth-order valence-electron chi connectivity index (χ4n) is 2.90. The Morgan fingerprint density at radius 3 is 2.61 bits per heavy atom. The summed E-state index contributed by atoms with van der Waals surface area (Å²) in [4.78, 5) is 11.8. The summed E-state index contributed by atoms with van der Waals surface area (Å²) < 4.78 is 36.1. The van der Waals surface area contributed by atoms with Crippen LogP contribution in [0.25, 0.3) is 0 Å². The highest BCUT2D eigenvalue weighted by Gasteiger charge is 2.48. The zero-order chi connectivity index (χ0) is 17.1. The number of nitrogens with one attached hydrogen (secondary N) is 1. The Morgan fingerprint density at radius 2 is 2.13 bits per heavy atom. The number of hydrogen-bond donors (Lipinski definition) is 2. The fourth-order valence-corrected chi connectivity index (χ4v) is 2.90. The van der Waals surface area contributed by atoms with Crippen molar-refractivity contribution in [3.8, 4) is 0 Å². The molecule has 5 nitrogen and oxygen atoms in total. The average Bonchev–Trinajstić information content (AvgIpc) is 3.27. The van der Waals surface area contributed by atoms with Crippen molar-refractivity contribution in [3.05, 3.63) is 11.6 Å². The van der Waals surface area contributed by atoms with Gasteiger partial charge in [0.15, 0.2) is 11.9 Å². The number of epoxide rings is 1. The minimum Gasteiger partial charge on any atom is -0.369 e. The number of ether oxygens (including phenoxy) is 2. The number of carbonyl (C=O) groups excluding carboxylic acids is 1. The summed E-state index contributed by atoms with van der Waals surface area (Å²) in [5, 5.41) is 3.00. The van der Waals surface area contributed by atoms with Gasteiger partial charge in [0, 0.05) is 6.04 Å². The molecule has 0 aromatic heterocycles. The summed E-state index contributed by atoms with van der Waals surface area (Å²) in [5.74, 6) is -0.0519. The van der Waals surface area contributed by atoms with E-state index in [2.05, 4.69) is 5.32 Å². The standard InChI is InChI=1S/C16H26F2N2O3/c1-4-10(5-2)22-12-7-9(8(3)21)6-11(13(12)19)20-16-14(23-16)15(17)18/h7,10-16,20H,4-6,19H2,1-3H3. The van der Waals surface area contributed by atoms with Crippen LogP contribution >= 0.6 is 0 Å². The first-order chi connectivity index (χ1) is 10.9. The molecule has 3 N–H and O–H groups in total. The van der Waals surface area contributed by atoms with E-state index in [-0.39, 0.29) is 17.9 Å². The highest BCUT2D eigenvalue weighted by molar-refractivity contribution is 5.93. The van der Waals surface area contributed by atoms with Crippen LogP contribution in [0.4, 0.5) is 8.78 Å². The first kappa shape index (κ1) is 18.4. The van der Waals surface area contributed by atoms with Crippen LogP contribution in [0.1, 0.15) is 40.0 Å². The Bertz CT molecular complexity index is 455. The smallest absolute Gasteiger partial charge is 0.268 e. The second kappa shape index (κ2) is 7.79. The monoisotopic (exact) mass is 332 g/mol. The van der Waals surface area contributed by atoms with Crippen LogP contribution in [0.5, 0.6) is 0 Å². The molecule has 7 heteroatoms. The molecule has 1 heterocycles. The van der Waals surface area contributed by atoms with Gasteiger partial charge >= 0.3 is 0 Å². The zero-order valence-corrected chi connectivity index (χ0v) is 13.8. The molecule has 0 aromatic rings. The van der Waals surface area contributed by atoms with E-state index < -0.39 is 30.9 Å². The van der Waals surface area contributed by atoms with Crippen molar-refractivity contribution in [2.24, 2.45) is 5.73 Å². The first-order valence-electron chi connectivity index (χ1n) is 8.19. The number of Topliss-reactive ketones (excluding diaryl/α,β-unsaturated/α-hetero) is 1. The lowest BCUT2D eigenvalue weighted by Crippen LogP contribution is -2.56. The van der Waals surface area contributed by atoms with Gasteiger partial charge in [0.1, 0.15) is 6.23 Å². The zero-order valence-electron chi connectivity index (χ0n) is 13.8. The normalized spacial score (nSPS) is 33.9. The molecule has 1 fully saturated rings. The maximum absolute atomic E-state index is 12.6. The summed E-state index contributed by atoms with van der Waals surface area (Å²) in [6.45, 7) is 5.54. The van der Waals surface area contributed by atoms with Crippen LogP contribution in [0.15, 0.2) is 11.6 Å². The molecule has 1 saturated heterocycles. The maximum atomic E-state index is 12.6. The van der Waals surface area contributed by atoms with Gasteiger partial charge in [-0.05, 0) is 37.8 Å². The average molecular weight is 332 g/mol. The predicted octanol–water partition coefficient (Wildman–Crippen LogP) is 1.75. The van der Waals surface area contributed by atoms with E-state index in [1.165, 1.54) is 6.92 Å². The third-order valence-corrected chi connectivity index (χ3v) is 4.51. The van der Waals surface area contributed by atoms with E-state index in [9.17, 15) is 13.6 Å². The molecule has 1 aliphatic carbocycles. The Morgan fingerprint density at radius 1 is 1.48 bits per heavy atom. The van der Waals surface area contributed by atoms with E-state index in [0.717, 1.165) is 12.8 Å². The summed E-state index contributed by atoms with van der Waals surface area (Å²) >= 11 is 0. The molecule has 132 valence electrons. The Hall–Kier alpha value is -0.890. The van der Waals surface area contributed by atoms with Crippen LogP contribution in [0.3, 0.4) is 0 Å². The quantitative estimate of drug-likeness (QED) is 0.662. The molecule has 2 aliphatic rings. The molecule has 0 bridgehead atoms. The van der Waals surface area contributed by atoms with Gasteiger partial charge in [-0.25, -0.2) is 8.78 Å². The lowest BCUT2D eigenvalue weighted by atomic mass is 9.86. The van der Waals surface area contributed by atoms with Crippen molar-refractivity contribution in [3.63, 3.8) is 0 Å². The van der Waals surface area contributed by atoms with E-state index in [1.807, 2.05) is 13.8 Å². The fraction of sp³-hybridized carbons (Fsp3) is 0.812. The third-order valence-electron chi connectivity index (χ3n) is 4.51. The molecule has 23 heavy (non-hydrogen) atoms. The summed E-state index contributed by atoms with van der Waals surface area (Å²) in [7, 11) is 0. The van der Waals surface area contributed by atoms with E-state index in [1.54, 1.807) is 6.08 Å². The van der Waals surface area contributed by atoms with E-state index >= 15 is 0 Å². The van der Waals surface area contributed by atoms with E-state index in [4.69, 9.17) is 15.2 Å². The van der Waals surface area contributed by atoms with Crippen molar-refractivity contribution in [1.29, 1.82) is 0 Å². The van der Waals surface area contributed by atoms with Crippen molar-refractivity contribution < 1.29 is 23.0 Å². The molecule has 2 rings (SSSR count). The van der Waals surface area contributed by atoms with Crippen LogP contribution in [-0.2, 0) is 14.3 Å². The molecule has 1 aliphatic heterocycles. The van der Waals surface area contributed by atoms with Crippen molar-refractivity contribution in [2.75, 3.05) is 0 Å². The van der Waals surface area contributed by atoms with Gasteiger partial charge in [0.25, 0.3) is 6.43 Å². The third kappa shape index (κ3) is 4.56. The maximum Gasteiger partial charge on any atom is 0.268 e. The molecular weight excluding hydrogens is 306 g/mol. The molecule has 0 radical (unpaired) electrons. The SMILES string of the molecule is CCC(CC)OC1C=C(C(C)=O)CC(NC2OC2C(F)F)C1N. The molecule has 0 spiro atoms. The van der Waals surface area contributed by atoms with Gasteiger partial charge in [0.05, 0.1) is 18.2 Å². The number of hydrogen-bond acceptors (Lipinski definition) is 5. The second-order valence-corrected chi connectivity index (χ2v) is 6.20. The van der Waals surface area contributed by atoms with E-state index in [0.29, 0.717) is 12.0 Å². The van der Waals surface area contributed by atoms with Crippen molar-refractivity contribution in [2.45, 2.75) is 83.1 Å². The molecule has 0 amide bonds. The Kier molecular flexibility index (Phi) is 6.25. The highest BCUT2D eigenvalue weighted by Crippen LogP contribution is 2.30. The number of carbonyl (C=O) groups is 1. The molecule has 5 atom stereocenters. The second-order valence-electron chi connectivity index (χ2n) is 6.20. The van der Waals surface area contributed by atoms with Crippen molar-refractivity contribution >= 4 is 5.78 Å². The molecular formula is C16H26F2N2O3. The number of alkyl halides is 2. The van der Waals surface area contributed by atoms with Crippen LogP contribution in [-0.4, -0.2) is 48.8 Å². The summed E-state index contributed by atoms with van der Waals surface area (Å²) in [6, 6.07) is -0.742. The van der Waals surface area contributed by atoms with Gasteiger partial charge < -0.3 is 15.2 Å². The summed E-state index contributed by atoms with van der Waals surface area (Å²) in [6.07, 6.45) is -0.795. The van der Waals surface area contributed by atoms with Gasteiger partial charge in [-0.3, -0.25) is 10.1 Å². The topological polar surface area (TPSA) is 76.9 Å². The van der Waals surface area contributed by atoms with Gasteiger partial charge in [0.2, 0.25) is 0 Å². The predicted molar refractivity (Wildman–Crippen MR) is 82.2 cm³/mol. The number of rotatable bonds is 8. The highest BCUT2D eigenvalue weighted by atomic mass is 19.3. The van der Waals surface area contributed by atoms with Crippen LogP contribution < -0.4 is 11.1 Å². The molecule has 0 saturated carbocycles. The Balaban J connectivity index is 2.06. The van der Waals surface area contributed by atoms with Gasteiger partial charge in [-0.1, -0.05) is 13.8 Å². The molecule has 0 aromatic carbocycles. The number of ketones is 1.